The normalized spacial score (nSPS) is 19.3. The summed E-state index contributed by atoms with van der Waals surface area (Å²) >= 11 is 0. The number of H-pyrrole nitrogens is 1. The molecular weight excluding hydrogens is 715 g/mol. The number of aliphatic hydroxyl groups excluding tert-OH is 1. The van der Waals surface area contributed by atoms with Crippen molar-refractivity contribution in [3.63, 3.8) is 0 Å². The molecule has 2 fully saturated rings. The van der Waals surface area contributed by atoms with Gasteiger partial charge >= 0.3 is 6.09 Å². The van der Waals surface area contributed by atoms with Crippen molar-refractivity contribution < 1.29 is 29.0 Å². The molecule has 56 heavy (non-hydrogen) atoms. The highest BCUT2D eigenvalue weighted by Crippen LogP contribution is 2.33. The lowest BCUT2D eigenvalue weighted by atomic mass is 10.0. The largest absolute Gasteiger partial charge is 0.453 e. The Morgan fingerprint density at radius 3 is 2.21 bits per heavy atom. The Labute approximate surface area is 328 Å². The molecule has 3 aliphatic heterocycles. The Morgan fingerprint density at radius 1 is 0.929 bits per heavy atom. The number of carbonyl (C=O) groups is 4. The molecule has 4 amide bonds. The predicted molar refractivity (Wildman–Crippen MR) is 213 cm³/mol. The van der Waals surface area contributed by atoms with Gasteiger partial charge < -0.3 is 40.2 Å². The van der Waals surface area contributed by atoms with Gasteiger partial charge in [0.1, 0.15) is 30.3 Å². The number of alkyl carbamates (subject to hydrolysis) is 1. The fourth-order valence-electron chi connectivity index (χ4n) is 7.91. The number of methoxy groups -OCH3 is 1. The molecule has 0 spiro atoms. The van der Waals surface area contributed by atoms with Crippen LogP contribution >= 0.6 is 0 Å². The predicted octanol–water partition coefficient (Wildman–Crippen LogP) is 4.03. The number of amides is 4. The van der Waals surface area contributed by atoms with Gasteiger partial charge in [0.05, 0.1) is 30.2 Å². The number of aromatic nitrogens is 3. The third-order valence-electron chi connectivity index (χ3n) is 11.1. The summed E-state index contributed by atoms with van der Waals surface area (Å²) < 4.78 is 4.76. The number of pyridine rings is 1. The second-order valence-electron chi connectivity index (χ2n) is 15.7. The Bertz CT molecular complexity index is 1970. The quantitative estimate of drug-likeness (QED) is 0.188. The first kappa shape index (κ1) is 40.4. The number of anilines is 1. The standard InChI is InChI=1S/C41H55N9O6/c1-24(2)36(46-35(52)23-51)39(53)49-17-7-9-32(49)31-20-28(22-42-31)48(5)34-16-14-27(21-43-34)12-11-26-13-15-29-30(19-26)45-38(44-29)33-10-8-18-50(33)40(54)37(25(3)4)47-41(55)56-6/h13-16,19,21-22,24-25,32-33,36-37,51H,7-12,17-18,20,23H2,1-6H3,(H,44,45)(H,46,52)(H,47,55). The summed E-state index contributed by atoms with van der Waals surface area (Å²) in [6.07, 6.45) is 8.66. The van der Waals surface area contributed by atoms with E-state index in [9.17, 15) is 24.3 Å². The fraction of sp³-hybridized carbons (Fsp3) is 0.537. The molecule has 0 radical (unpaired) electrons. The number of hydrogen-bond donors (Lipinski definition) is 4. The minimum atomic E-state index is -0.703. The van der Waals surface area contributed by atoms with Crippen molar-refractivity contribution in [1.29, 1.82) is 0 Å². The molecule has 3 aliphatic rings. The van der Waals surface area contributed by atoms with Crippen LogP contribution in [0, 0.1) is 11.8 Å². The third kappa shape index (κ3) is 8.88. The Hall–Kier alpha value is -5.31. The molecule has 4 N–H and O–H groups in total. The molecule has 0 aliphatic carbocycles. The molecule has 2 saturated heterocycles. The van der Waals surface area contributed by atoms with E-state index in [0.717, 1.165) is 83.7 Å². The van der Waals surface area contributed by atoms with Gasteiger partial charge in [-0.1, -0.05) is 39.8 Å². The molecule has 2 aromatic heterocycles. The van der Waals surface area contributed by atoms with E-state index in [1.807, 2.05) is 74.0 Å². The molecule has 4 atom stereocenters. The summed E-state index contributed by atoms with van der Waals surface area (Å²) in [4.78, 5) is 74.5. The average Bonchev–Trinajstić information content (AvgIpc) is 4.03. The smallest absolute Gasteiger partial charge is 0.407 e. The van der Waals surface area contributed by atoms with Crippen LogP contribution in [0.2, 0.25) is 0 Å². The number of ether oxygens (including phenoxy) is 1. The van der Waals surface area contributed by atoms with Gasteiger partial charge in [0.25, 0.3) is 0 Å². The Morgan fingerprint density at radius 2 is 1.57 bits per heavy atom. The van der Waals surface area contributed by atoms with Crippen LogP contribution in [-0.4, -0.2) is 111 Å². The highest BCUT2D eigenvalue weighted by atomic mass is 16.5. The van der Waals surface area contributed by atoms with E-state index in [1.54, 1.807) is 0 Å². The molecule has 0 saturated carbocycles. The van der Waals surface area contributed by atoms with E-state index < -0.39 is 30.7 Å². The Balaban J connectivity index is 1.03. The molecule has 15 heteroatoms. The maximum atomic E-state index is 13.6. The highest BCUT2D eigenvalue weighted by Gasteiger charge is 2.39. The molecule has 6 rings (SSSR count). The number of nitrogens with zero attached hydrogens (tertiary/aromatic N) is 6. The van der Waals surface area contributed by atoms with Crippen molar-refractivity contribution in [1.82, 2.24) is 35.4 Å². The first-order chi connectivity index (χ1) is 26.9. The summed E-state index contributed by atoms with van der Waals surface area (Å²) in [5.41, 5.74) is 5.95. The first-order valence-electron chi connectivity index (χ1n) is 19.7. The second kappa shape index (κ2) is 17.7. The van der Waals surface area contributed by atoms with Gasteiger partial charge in [-0.25, -0.2) is 14.8 Å². The molecule has 4 unspecified atom stereocenters. The van der Waals surface area contributed by atoms with Crippen LogP contribution in [-0.2, 0) is 32.0 Å². The summed E-state index contributed by atoms with van der Waals surface area (Å²) in [5.74, 6) is 0.493. The topological polar surface area (TPSA) is 185 Å². The number of imidazole rings is 1. The first-order valence-corrected chi connectivity index (χ1v) is 19.7. The van der Waals surface area contributed by atoms with Crippen molar-refractivity contribution in [3.05, 3.63) is 65.4 Å². The fourth-order valence-corrected chi connectivity index (χ4v) is 7.91. The average molecular weight is 770 g/mol. The van der Waals surface area contributed by atoms with Crippen molar-refractivity contribution in [2.24, 2.45) is 16.8 Å². The zero-order valence-corrected chi connectivity index (χ0v) is 33.2. The number of rotatable bonds is 14. The zero-order valence-electron chi connectivity index (χ0n) is 33.2. The van der Waals surface area contributed by atoms with Crippen LogP contribution < -0.4 is 15.5 Å². The van der Waals surface area contributed by atoms with Crippen molar-refractivity contribution >= 4 is 46.4 Å². The van der Waals surface area contributed by atoms with Crippen molar-refractivity contribution in [2.75, 3.05) is 38.8 Å². The maximum Gasteiger partial charge on any atom is 0.407 e. The number of aliphatic imine (C=N–C) groups is 1. The summed E-state index contributed by atoms with van der Waals surface area (Å²) in [5, 5.41) is 14.6. The number of carbonyl (C=O) groups excluding carboxylic acids is 4. The number of aromatic amines is 1. The second-order valence-corrected chi connectivity index (χ2v) is 15.7. The molecular formula is C41H55N9O6. The Kier molecular flexibility index (Phi) is 12.7. The molecule has 0 bridgehead atoms. The van der Waals surface area contributed by atoms with E-state index >= 15 is 0 Å². The van der Waals surface area contributed by atoms with E-state index in [0.29, 0.717) is 19.5 Å². The lowest BCUT2D eigenvalue weighted by Gasteiger charge is -2.31. The maximum absolute atomic E-state index is 13.6. The lowest BCUT2D eigenvalue weighted by molar-refractivity contribution is -0.138. The van der Waals surface area contributed by atoms with Gasteiger partial charge in [-0.15, -0.1) is 0 Å². The summed E-state index contributed by atoms with van der Waals surface area (Å²) in [6, 6.07) is 8.61. The van der Waals surface area contributed by atoms with Gasteiger partial charge in [-0.05, 0) is 79.7 Å². The van der Waals surface area contributed by atoms with Crippen LogP contribution in [0.1, 0.15) is 82.8 Å². The molecule has 300 valence electrons. The summed E-state index contributed by atoms with van der Waals surface area (Å²) in [7, 11) is 3.26. The number of allylic oxidation sites excluding steroid dienone is 1. The number of benzene rings is 1. The van der Waals surface area contributed by atoms with E-state index in [2.05, 4.69) is 33.8 Å². The highest BCUT2D eigenvalue weighted by molar-refractivity contribution is 5.99. The molecule has 3 aromatic rings. The van der Waals surface area contributed by atoms with Crippen LogP contribution in [0.25, 0.3) is 11.0 Å². The van der Waals surface area contributed by atoms with Gasteiger partial charge in [0, 0.05) is 50.4 Å². The van der Waals surface area contributed by atoms with Crippen molar-refractivity contribution in [3.8, 4) is 0 Å². The number of likely N-dealkylation sites (tertiary alicyclic amines) is 2. The van der Waals surface area contributed by atoms with E-state index in [-0.39, 0.29) is 35.7 Å². The minimum Gasteiger partial charge on any atom is -0.453 e. The van der Waals surface area contributed by atoms with Crippen molar-refractivity contribution in [2.45, 2.75) is 96.8 Å². The zero-order chi connectivity index (χ0) is 40.1. The molecule has 15 nitrogen and oxygen atoms in total. The van der Waals surface area contributed by atoms with Gasteiger partial charge in [-0.3, -0.25) is 19.4 Å². The monoisotopic (exact) mass is 769 g/mol. The molecule has 1 aromatic carbocycles. The number of fused-ring (bicyclic) bond motifs is 1. The van der Waals surface area contributed by atoms with Crippen LogP contribution in [0.3, 0.4) is 0 Å². The van der Waals surface area contributed by atoms with Gasteiger partial charge in [0.2, 0.25) is 17.7 Å². The number of hydrogen-bond acceptors (Lipinski definition) is 10. The third-order valence-corrected chi connectivity index (χ3v) is 11.1. The number of nitrogens with one attached hydrogen (secondary N) is 3. The summed E-state index contributed by atoms with van der Waals surface area (Å²) in [6.45, 7) is 8.13. The van der Waals surface area contributed by atoms with Gasteiger partial charge in [0.15, 0.2) is 0 Å². The van der Waals surface area contributed by atoms with E-state index in [1.165, 1.54) is 7.11 Å². The van der Waals surface area contributed by atoms with Crippen LogP contribution in [0.15, 0.2) is 53.4 Å². The lowest BCUT2D eigenvalue weighted by Crippen LogP contribution is -2.54. The van der Waals surface area contributed by atoms with Crippen LogP contribution in [0.4, 0.5) is 10.6 Å². The number of aliphatic hydroxyl groups is 1. The SMILES string of the molecule is COC(=O)NC(C(=O)N1CCCC1c1nc2ccc(CCc3ccc(N(C)C4=CN=C(C5CCCN5C(=O)C(NC(=O)CO)C(C)C)C4)nc3)cc2[nH]1)C(C)C. The molecule has 5 heterocycles. The van der Waals surface area contributed by atoms with E-state index in [4.69, 9.17) is 19.7 Å². The van der Waals surface area contributed by atoms with Crippen LogP contribution in [0.5, 0.6) is 0 Å². The minimum absolute atomic E-state index is 0.102. The van der Waals surface area contributed by atoms with Gasteiger partial charge in [-0.2, -0.15) is 0 Å². The number of aryl methyl sites for hydroxylation is 2.